The molecular weight excluding hydrogens is 416 g/mol. The number of nitrogens with one attached hydrogen (secondary N) is 1. The zero-order valence-corrected chi connectivity index (χ0v) is 19.3. The second-order valence-electron chi connectivity index (χ2n) is 8.39. The van der Waals surface area contributed by atoms with Crippen LogP contribution in [-0.4, -0.2) is 69.2 Å². The van der Waals surface area contributed by atoms with Crippen LogP contribution in [0.1, 0.15) is 11.1 Å². The lowest BCUT2D eigenvalue weighted by Gasteiger charge is -2.28. The first-order valence-corrected chi connectivity index (χ1v) is 11.7. The third-order valence-electron chi connectivity index (χ3n) is 6.04. The summed E-state index contributed by atoms with van der Waals surface area (Å²) in [5, 5.41) is 16.6. The summed E-state index contributed by atoms with van der Waals surface area (Å²) in [5.74, 6) is 1.38. The van der Waals surface area contributed by atoms with E-state index in [4.69, 9.17) is 14.2 Å². The lowest BCUT2D eigenvalue weighted by molar-refractivity contribution is 0.00436. The van der Waals surface area contributed by atoms with Crippen molar-refractivity contribution in [2.75, 3.05) is 53.1 Å². The number of methoxy groups -OCH3 is 1. The normalized spacial score (nSPS) is 15.5. The van der Waals surface area contributed by atoms with Crippen LogP contribution in [0.2, 0.25) is 0 Å². The molecule has 0 unspecified atom stereocenters. The van der Waals surface area contributed by atoms with Gasteiger partial charge in [0.25, 0.3) is 0 Å². The van der Waals surface area contributed by atoms with Crippen molar-refractivity contribution >= 4 is 10.8 Å². The topological polar surface area (TPSA) is 63.2 Å². The van der Waals surface area contributed by atoms with Gasteiger partial charge in [-0.3, -0.25) is 4.90 Å². The molecule has 4 rings (SSSR count). The average molecular weight is 451 g/mol. The van der Waals surface area contributed by atoms with E-state index >= 15 is 0 Å². The molecule has 3 aromatic rings. The van der Waals surface area contributed by atoms with Crippen molar-refractivity contribution in [1.29, 1.82) is 0 Å². The number of aliphatic hydroxyl groups excluding tert-OH is 1. The van der Waals surface area contributed by atoms with Crippen LogP contribution in [0.3, 0.4) is 0 Å². The molecule has 1 aliphatic rings. The molecule has 6 heteroatoms. The van der Waals surface area contributed by atoms with Gasteiger partial charge in [-0.1, -0.05) is 54.6 Å². The monoisotopic (exact) mass is 450 g/mol. The minimum Gasteiger partial charge on any atom is -0.493 e. The molecule has 0 amide bonds. The maximum Gasteiger partial charge on any atom is 0.165 e. The first-order valence-electron chi connectivity index (χ1n) is 11.7. The highest BCUT2D eigenvalue weighted by Gasteiger charge is 2.17. The largest absolute Gasteiger partial charge is 0.493 e. The van der Waals surface area contributed by atoms with Crippen molar-refractivity contribution in [2.24, 2.45) is 0 Å². The number of aliphatic hydroxyl groups is 1. The number of morpholine rings is 1. The van der Waals surface area contributed by atoms with E-state index in [-0.39, 0.29) is 6.61 Å². The van der Waals surface area contributed by atoms with Gasteiger partial charge in [0.1, 0.15) is 12.7 Å². The first kappa shape index (κ1) is 23.5. The van der Waals surface area contributed by atoms with Gasteiger partial charge in [0.05, 0.1) is 20.3 Å². The summed E-state index contributed by atoms with van der Waals surface area (Å²) in [7, 11) is 1.64. The smallest absolute Gasteiger partial charge is 0.165 e. The second-order valence-corrected chi connectivity index (χ2v) is 8.39. The maximum atomic E-state index is 10.5. The number of rotatable bonds is 11. The molecule has 3 aromatic carbocycles. The van der Waals surface area contributed by atoms with Crippen LogP contribution in [-0.2, 0) is 17.7 Å². The van der Waals surface area contributed by atoms with Crippen LogP contribution in [0.4, 0.5) is 0 Å². The van der Waals surface area contributed by atoms with E-state index in [0.717, 1.165) is 31.6 Å². The predicted octanol–water partition coefficient (Wildman–Crippen LogP) is 3.25. The summed E-state index contributed by atoms with van der Waals surface area (Å²) in [6, 6.07) is 20.9. The highest BCUT2D eigenvalue weighted by molar-refractivity contribution is 5.85. The van der Waals surface area contributed by atoms with Gasteiger partial charge in [0.2, 0.25) is 0 Å². The Morgan fingerprint density at radius 1 is 1.00 bits per heavy atom. The van der Waals surface area contributed by atoms with E-state index < -0.39 is 6.10 Å². The Balaban J connectivity index is 1.32. The summed E-state index contributed by atoms with van der Waals surface area (Å²) in [6.07, 6.45) is 0.375. The van der Waals surface area contributed by atoms with Crippen molar-refractivity contribution in [1.82, 2.24) is 10.2 Å². The van der Waals surface area contributed by atoms with Crippen molar-refractivity contribution in [2.45, 2.75) is 19.1 Å². The fourth-order valence-electron chi connectivity index (χ4n) is 4.30. The molecule has 1 fully saturated rings. The van der Waals surface area contributed by atoms with E-state index in [9.17, 15) is 5.11 Å². The Morgan fingerprint density at radius 3 is 2.61 bits per heavy atom. The maximum absolute atomic E-state index is 10.5. The minimum absolute atomic E-state index is 0.223. The highest BCUT2D eigenvalue weighted by Crippen LogP contribution is 2.31. The molecule has 0 aromatic heterocycles. The van der Waals surface area contributed by atoms with Gasteiger partial charge in [-0.15, -0.1) is 0 Å². The lowest BCUT2D eigenvalue weighted by Crippen LogP contribution is -2.42. The second kappa shape index (κ2) is 12.0. The van der Waals surface area contributed by atoms with E-state index in [1.54, 1.807) is 7.11 Å². The van der Waals surface area contributed by atoms with Gasteiger partial charge >= 0.3 is 0 Å². The van der Waals surface area contributed by atoms with Crippen LogP contribution in [0.25, 0.3) is 10.8 Å². The molecule has 2 N–H and O–H groups in total. The van der Waals surface area contributed by atoms with Crippen molar-refractivity contribution < 1.29 is 19.3 Å². The van der Waals surface area contributed by atoms with E-state index in [1.807, 2.05) is 18.2 Å². The number of ether oxygens (including phenoxy) is 3. The fourth-order valence-corrected chi connectivity index (χ4v) is 4.30. The van der Waals surface area contributed by atoms with E-state index in [1.165, 1.54) is 16.3 Å². The van der Waals surface area contributed by atoms with Gasteiger partial charge in [-0.05, 0) is 35.4 Å². The number of β-amino-alcohol motifs (C(OH)–C–C–N with tert-alkyl or cyclic N) is 1. The molecule has 0 bridgehead atoms. The third-order valence-corrected chi connectivity index (χ3v) is 6.04. The summed E-state index contributed by atoms with van der Waals surface area (Å²) < 4.78 is 17.0. The van der Waals surface area contributed by atoms with Gasteiger partial charge in [-0.25, -0.2) is 0 Å². The van der Waals surface area contributed by atoms with Crippen molar-refractivity contribution in [3.63, 3.8) is 0 Å². The van der Waals surface area contributed by atoms with Gasteiger partial charge in [0, 0.05) is 31.7 Å². The van der Waals surface area contributed by atoms with Crippen LogP contribution in [0.5, 0.6) is 11.5 Å². The lowest BCUT2D eigenvalue weighted by atomic mass is 10.0. The molecule has 1 aliphatic heterocycles. The van der Waals surface area contributed by atoms with Crippen LogP contribution in [0.15, 0.2) is 60.7 Å². The third kappa shape index (κ3) is 6.45. The van der Waals surface area contributed by atoms with Gasteiger partial charge in [-0.2, -0.15) is 0 Å². The van der Waals surface area contributed by atoms with Gasteiger partial charge < -0.3 is 24.6 Å². The number of hydrogen-bond donors (Lipinski definition) is 2. The number of benzene rings is 3. The fraction of sp³-hybridized carbons (Fsp3) is 0.407. The predicted molar refractivity (Wildman–Crippen MR) is 131 cm³/mol. The highest BCUT2D eigenvalue weighted by atomic mass is 16.5. The molecular formula is C27H34N2O4. The zero-order chi connectivity index (χ0) is 22.9. The standard InChI is InChI=1S/C27H34N2O4/c1-31-26-11-5-9-23(27(26)33-20-24(30)19-29-14-16-32-17-15-29)18-28-13-12-22-8-4-7-21-6-2-3-10-25(21)22/h2-11,24,28,30H,12-20H2,1H3/t24-/m1/s1. The molecule has 0 aliphatic carbocycles. The summed E-state index contributed by atoms with van der Waals surface area (Å²) in [6.45, 7) is 5.44. The molecule has 176 valence electrons. The molecule has 1 atom stereocenters. The summed E-state index contributed by atoms with van der Waals surface area (Å²) in [5.41, 5.74) is 2.36. The first-order chi connectivity index (χ1) is 16.2. The number of para-hydroxylation sites is 1. The zero-order valence-electron chi connectivity index (χ0n) is 19.3. The molecule has 0 spiro atoms. The van der Waals surface area contributed by atoms with Crippen molar-refractivity contribution in [3.05, 3.63) is 71.8 Å². The molecule has 6 nitrogen and oxygen atoms in total. The molecule has 1 saturated heterocycles. The Kier molecular flexibility index (Phi) is 8.55. The SMILES string of the molecule is COc1cccc(CNCCc2cccc3ccccc23)c1OC[C@H](O)CN1CCOCC1. The quantitative estimate of drug-likeness (QED) is 0.438. The average Bonchev–Trinajstić information content (AvgIpc) is 2.86. The van der Waals surface area contributed by atoms with Crippen LogP contribution >= 0.6 is 0 Å². The minimum atomic E-state index is -0.569. The number of fused-ring (bicyclic) bond motifs is 1. The van der Waals surface area contributed by atoms with Crippen molar-refractivity contribution in [3.8, 4) is 11.5 Å². The van der Waals surface area contributed by atoms with E-state index in [2.05, 4.69) is 52.7 Å². The molecule has 0 saturated carbocycles. The Hall–Kier alpha value is -2.64. The number of hydrogen-bond acceptors (Lipinski definition) is 6. The van der Waals surface area contributed by atoms with Gasteiger partial charge in [0.15, 0.2) is 11.5 Å². The molecule has 1 heterocycles. The number of nitrogens with zero attached hydrogens (tertiary/aromatic N) is 1. The summed E-state index contributed by atoms with van der Waals surface area (Å²) >= 11 is 0. The van der Waals surface area contributed by atoms with E-state index in [0.29, 0.717) is 37.8 Å². The van der Waals surface area contributed by atoms with Crippen LogP contribution in [0, 0.1) is 0 Å². The molecule has 0 radical (unpaired) electrons. The Morgan fingerprint density at radius 2 is 1.76 bits per heavy atom. The Labute approximate surface area is 196 Å². The van der Waals surface area contributed by atoms with Crippen LogP contribution < -0.4 is 14.8 Å². The summed E-state index contributed by atoms with van der Waals surface area (Å²) in [4.78, 5) is 2.20. The Bertz CT molecular complexity index is 1010. The molecule has 33 heavy (non-hydrogen) atoms.